The first-order valence-corrected chi connectivity index (χ1v) is 16.8. The summed E-state index contributed by atoms with van der Waals surface area (Å²) >= 11 is 6.47. The normalized spacial score (nSPS) is 18.7. The second-order valence-corrected chi connectivity index (χ2v) is 12.4. The van der Waals surface area contributed by atoms with E-state index in [0.29, 0.717) is 17.1 Å². The Morgan fingerprint density at radius 3 is 1.98 bits per heavy atom. The summed E-state index contributed by atoms with van der Waals surface area (Å²) in [6.07, 6.45) is -3.45. The molecule has 3 heterocycles. The van der Waals surface area contributed by atoms with Crippen molar-refractivity contribution in [1.29, 1.82) is 0 Å². The van der Waals surface area contributed by atoms with Gasteiger partial charge in [0.25, 0.3) is 0 Å². The summed E-state index contributed by atoms with van der Waals surface area (Å²) in [6.45, 7) is -0.398. The van der Waals surface area contributed by atoms with Gasteiger partial charge in [0, 0.05) is 0 Å². The van der Waals surface area contributed by atoms with E-state index >= 15 is 0 Å². The zero-order chi connectivity index (χ0) is 36.2. The summed E-state index contributed by atoms with van der Waals surface area (Å²) in [6, 6.07) is 33.4. The molecule has 1 saturated heterocycles. The Bertz CT molecular complexity index is 2080. The number of aliphatic hydroxyl groups excluding tert-OH is 2. The molecule has 0 amide bonds. The molecule has 7 rings (SSSR count). The van der Waals surface area contributed by atoms with Crippen LogP contribution in [0, 0.1) is 0 Å². The van der Waals surface area contributed by atoms with Crippen LogP contribution in [0.2, 0.25) is 5.15 Å². The van der Waals surface area contributed by atoms with Crippen molar-refractivity contribution in [3.8, 4) is 11.5 Å². The van der Waals surface area contributed by atoms with Gasteiger partial charge in [-0.2, -0.15) is 0 Å². The predicted molar refractivity (Wildman–Crippen MR) is 190 cm³/mol. The molecule has 0 bridgehead atoms. The zero-order valence-corrected chi connectivity index (χ0v) is 29.0. The van der Waals surface area contributed by atoms with Crippen LogP contribution in [0.15, 0.2) is 116 Å². The van der Waals surface area contributed by atoms with Crippen molar-refractivity contribution in [2.45, 2.75) is 36.7 Å². The van der Waals surface area contributed by atoms with E-state index in [1.807, 2.05) is 78.9 Å². The molecule has 13 heteroatoms. The fourth-order valence-corrected chi connectivity index (χ4v) is 6.57. The summed E-state index contributed by atoms with van der Waals surface area (Å²) in [5.74, 6) is 0.915. The molecule has 2 aromatic heterocycles. The van der Waals surface area contributed by atoms with Gasteiger partial charge >= 0.3 is 5.97 Å². The lowest BCUT2D eigenvalue weighted by Gasteiger charge is -2.37. The Kier molecular flexibility index (Phi) is 10.2. The second kappa shape index (κ2) is 15.1. The van der Waals surface area contributed by atoms with Gasteiger partial charge in [-0.3, -0.25) is 4.57 Å². The number of rotatable bonds is 12. The number of ether oxygens (including phenoxy) is 5. The molecule has 1 aliphatic rings. The SMILES string of the molecule is COc1ccc(C(OC[C@H]2O[C@@H](n3cnc4c(Cl)nc(COC(=O)c5ccccc5)nc43)[C@H](O)[C@@H]2O)(c2ccccc2)c2ccc(OC)cc2)cc1. The first-order chi connectivity index (χ1) is 25.3. The molecule has 6 aromatic rings. The maximum Gasteiger partial charge on any atom is 0.338 e. The number of aliphatic hydroxyl groups is 2. The van der Waals surface area contributed by atoms with Crippen molar-refractivity contribution in [2.75, 3.05) is 20.8 Å². The van der Waals surface area contributed by atoms with Crippen LogP contribution in [0.5, 0.6) is 11.5 Å². The van der Waals surface area contributed by atoms with Gasteiger partial charge in [0.05, 0.1) is 32.7 Å². The van der Waals surface area contributed by atoms with E-state index in [1.165, 1.54) is 10.9 Å². The van der Waals surface area contributed by atoms with Crippen LogP contribution in [-0.2, 0) is 26.4 Å². The lowest BCUT2D eigenvalue weighted by atomic mass is 9.80. The maximum atomic E-state index is 12.5. The molecule has 1 aliphatic heterocycles. The summed E-state index contributed by atoms with van der Waals surface area (Å²) in [5.41, 5.74) is 2.07. The van der Waals surface area contributed by atoms with Gasteiger partial charge in [0.2, 0.25) is 0 Å². The van der Waals surface area contributed by atoms with Gasteiger partial charge in [-0.1, -0.05) is 84.4 Å². The van der Waals surface area contributed by atoms with E-state index in [2.05, 4.69) is 15.0 Å². The molecule has 0 spiro atoms. The Morgan fingerprint density at radius 1 is 0.808 bits per heavy atom. The van der Waals surface area contributed by atoms with Crippen LogP contribution in [-0.4, -0.2) is 74.8 Å². The molecule has 4 atom stereocenters. The number of esters is 1. The highest BCUT2D eigenvalue weighted by atomic mass is 35.5. The van der Waals surface area contributed by atoms with Crippen LogP contribution in [0.4, 0.5) is 0 Å². The van der Waals surface area contributed by atoms with Gasteiger partial charge in [-0.15, -0.1) is 0 Å². The standard InChI is InChI=1S/C39H35ClN4O8/c1-48-28-17-13-26(14-18-28)39(25-11-7-4-8-12-25,27-15-19-29(49-2)20-16-27)51-21-30-33(45)34(46)37(52-30)44-23-41-32-35(40)42-31(43-36(32)44)22-50-38(47)24-9-5-3-6-10-24/h3-20,23,30,33-34,37,45-46H,21-22H2,1-2H3/t30-,33-,34-,37-/m1/s1. The zero-order valence-electron chi connectivity index (χ0n) is 28.2. The van der Waals surface area contributed by atoms with Gasteiger partial charge in [0.15, 0.2) is 29.5 Å². The molecule has 0 saturated carbocycles. The summed E-state index contributed by atoms with van der Waals surface area (Å²) < 4.78 is 31.0. The molecule has 266 valence electrons. The monoisotopic (exact) mass is 722 g/mol. The molecule has 52 heavy (non-hydrogen) atoms. The van der Waals surface area contributed by atoms with E-state index in [9.17, 15) is 15.0 Å². The molecule has 0 unspecified atom stereocenters. The third kappa shape index (κ3) is 6.70. The van der Waals surface area contributed by atoms with Crippen molar-refractivity contribution >= 4 is 28.7 Å². The third-order valence-corrected chi connectivity index (χ3v) is 9.28. The van der Waals surface area contributed by atoms with E-state index in [-0.39, 0.29) is 35.4 Å². The maximum absolute atomic E-state index is 12.5. The number of hydrogen-bond acceptors (Lipinski definition) is 11. The van der Waals surface area contributed by atoms with Gasteiger partial charge < -0.3 is 33.9 Å². The Hall–Kier alpha value is -5.37. The highest BCUT2D eigenvalue weighted by Gasteiger charge is 2.47. The number of aromatic nitrogens is 4. The van der Waals surface area contributed by atoms with Crippen LogP contribution >= 0.6 is 11.6 Å². The topological polar surface area (TPSA) is 147 Å². The largest absolute Gasteiger partial charge is 0.497 e. The minimum atomic E-state index is -1.40. The fraction of sp³-hybridized carbons (Fsp3) is 0.231. The van der Waals surface area contributed by atoms with Gasteiger partial charge in [-0.05, 0) is 53.1 Å². The quantitative estimate of drug-likeness (QED) is 0.0940. The minimum absolute atomic E-state index is 0.0223. The highest BCUT2D eigenvalue weighted by molar-refractivity contribution is 6.33. The lowest BCUT2D eigenvalue weighted by molar-refractivity contribution is -0.0942. The van der Waals surface area contributed by atoms with Crippen LogP contribution in [0.1, 0.15) is 39.1 Å². The van der Waals surface area contributed by atoms with Crippen LogP contribution in [0.3, 0.4) is 0 Å². The molecular weight excluding hydrogens is 688 g/mol. The molecule has 1 fully saturated rings. The molecular formula is C39H35ClN4O8. The third-order valence-electron chi connectivity index (χ3n) is 9.02. The smallest absolute Gasteiger partial charge is 0.338 e. The lowest BCUT2D eigenvalue weighted by Crippen LogP contribution is -2.39. The molecule has 4 aromatic carbocycles. The number of carbonyl (C=O) groups excluding carboxylic acids is 1. The fourth-order valence-electron chi connectivity index (χ4n) is 6.34. The summed E-state index contributed by atoms with van der Waals surface area (Å²) in [7, 11) is 3.20. The van der Waals surface area contributed by atoms with Gasteiger partial charge in [-0.25, -0.2) is 19.7 Å². The number of hydrogen-bond donors (Lipinski definition) is 2. The first kappa shape index (κ1) is 35.1. The molecule has 0 radical (unpaired) electrons. The Morgan fingerprint density at radius 2 is 1.38 bits per heavy atom. The number of halogens is 1. The summed E-state index contributed by atoms with van der Waals surface area (Å²) in [5, 5.41) is 22.7. The average molecular weight is 723 g/mol. The van der Waals surface area contributed by atoms with E-state index < -0.39 is 36.1 Å². The number of benzene rings is 4. The highest BCUT2D eigenvalue weighted by Crippen LogP contribution is 2.43. The van der Waals surface area contributed by atoms with Crippen molar-refractivity contribution in [2.24, 2.45) is 0 Å². The Balaban J connectivity index is 1.19. The number of carbonyl (C=O) groups is 1. The van der Waals surface area contributed by atoms with Crippen molar-refractivity contribution < 1.29 is 38.7 Å². The van der Waals surface area contributed by atoms with Crippen molar-refractivity contribution in [3.63, 3.8) is 0 Å². The van der Waals surface area contributed by atoms with Crippen molar-refractivity contribution in [3.05, 3.63) is 149 Å². The molecule has 2 N–H and O–H groups in total. The van der Waals surface area contributed by atoms with E-state index in [4.69, 9.17) is 35.3 Å². The molecule has 12 nitrogen and oxygen atoms in total. The number of fused-ring (bicyclic) bond motifs is 1. The minimum Gasteiger partial charge on any atom is -0.497 e. The van der Waals surface area contributed by atoms with Gasteiger partial charge in [0.1, 0.15) is 40.9 Å². The van der Waals surface area contributed by atoms with E-state index in [0.717, 1.165) is 16.7 Å². The van der Waals surface area contributed by atoms with E-state index in [1.54, 1.807) is 44.6 Å². The molecule has 0 aliphatic carbocycles. The first-order valence-electron chi connectivity index (χ1n) is 16.4. The Labute approximate surface area is 304 Å². The number of nitrogens with zero attached hydrogens (tertiary/aromatic N) is 4. The van der Waals surface area contributed by atoms with Crippen molar-refractivity contribution in [1.82, 2.24) is 19.5 Å². The predicted octanol–water partition coefficient (Wildman–Crippen LogP) is 5.48. The summed E-state index contributed by atoms with van der Waals surface area (Å²) in [4.78, 5) is 25.6. The number of imidazole rings is 1. The van der Waals surface area contributed by atoms with Crippen LogP contribution < -0.4 is 9.47 Å². The number of methoxy groups -OCH3 is 2. The average Bonchev–Trinajstić information content (AvgIpc) is 3.75. The van der Waals surface area contributed by atoms with Crippen LogP contribution in [0.25, 0.3) is 11.2 Å². The second-order valence-electron chi connectivity index (χ2n) is 12.1.